The largest absolute Gasteiger partial charge is 0.465 e. The van der Waals surface area contributed by atoms with Crippen LogP contribution < -0.4 is 5.32 Å². The third-order valence-corrected chi connectivity index (χ3v) is 1.39. The molecule has 0 aromatic carbocycles. The molecule has 1 atom stereocenters. The normalized spacial score (nSPS) is 12.1. The van der Waals surface area contributed by atoms with Crippen LogP contribution in [0.4, 0.5) is 0 Å². The first-order valence-corrected chi connectivity index (χ1v) is 4.50. The van der Waals surface area contributed by atoms with E-state index in [1.54, 1.807) is 0 Å². The standard InChI is InChI=1S/C9H19NO2.ClH/c1-5-6-12-9(11)8(4)10-7(2)3;/h7-8,10H,5-6H2,1-4H3;1H. The van der Waals surface area contributed by atoms with Crippen molar-refractivity contribution in [2.75, 3.05) is 6.61 Å². The first-order chi connectivity index (χ1) is 5.57. The van der Waals surface area contributed by atoms with Crippen LogP contribution in [0.5, 0.6) is 0 Å². The summed E-state index contributed by atoms with van der Waals surface area (Å²) in [6, 6.07) is 0.116. The SMILES string of the molecule is CCCOC(=O)C(C)NC(C)C.Cl. The molecule has 0 saturated heterocycles. The Kier molecular flexibility index (Phi) is 9.74. The van der Waals surface area contributed by atoms with Gasteiger partial charge in [0.25, 0.3) is 0 Å². The molecule has 0 aromatic rings. The summed E-state index contributed by atoms with van der Waals surface area (Å²) in [5.74, 6) is -0.162. The number of carbonyl (C=O) groups excluding carboxylic acids is 1. The average Bonchev–Trinajstić information content (AvgIpc) is 1.98. The Bertz CT molecular complexity index is 140. The summed E-state index contributed by atoms with van der Waals surface area (Å²) in [7, 11) is 0. The molecule has 0 spiro atoms. The summed E-state index contributed by atoms with van der Waals surface area (Å²) in [6.07, 6.45) is 0.875. The van der Waals surface area contributed by atoms with Gasteiger partial charge in [-0.05, 0) is 13.3 Å². The Balaban J connectivity index is 0. The van der Waals surface area contributed by atoms with Crippen LogP contribution in [0.3, 0.4) is 0 Å². The predicted molar refractivity (Wildman–Crippen MR) is 56.2 cm³/mol. The van der Waals surface area contributed by atoms with Crippen molar-refractivity contribution in [3.63, 3.8) is 0 Å². The van der Waals surface area contributed by atoms with E-state index in [1.165, 1.54) is 0 Å². The van der Waals surface area contributed by atoms with E-state index >= 15 is 0 Å². The number of ether oxygens (including phenoxy) is 1. The van der Waals surface area contributed by atoms with E-state index in [0.717, 1.165) is 6.42 Å². The van der Waals surface area contributed by atoms with E-state index in [2.05, 4.69) is 5.32 Å². The maximum atomic E-state index is 11.2. The molecule has 0 aromatic heterocycles. The second-order valence-corrected chi connectivity index (χ2v) is 3.21. The van der Waals surface area contributed by atoms with Gasteiger partial charge in [0.05, 0.1) is 6.61 Å². The van der Waals surface area contributed by atoms with Crippen molar-refractivity contribution in [1.29, 1.82) is 0 Å². The van der Waals surface area contributed by atoms with Crippen molar-refractivity contribution in [2.24, 2.45) is 0 Å². The van der Waals surface area contributed by atoms with Crippen molar-refractivity contribution in [2.45, 2.75) is 46.2 Å². The number of rotatable bonds is 5. The molecule has 0 radical (unpaired) electrons. The van der Waals surface area contributed by atoms with Gasteiger partial charge in [-0.1, -0.05) is 20.8 Å². The highest BCUT2D eigenvalue weighted by Gasteiger charge is 2.13. The van der Waals surface area contributed by atoms with Crippen LogP contribution >= 0.6 is 12.4 Å². The fourth-order valence-corrected chi connectivity index (χ4v) is 0.896. The van der Waals surface area contributed by atoms with Crippen LogP contribution in [-0.2, 0) is 9.53 Å². The number of nitrogens with one attached hydrogen (secondary N) is 1. The van der Waals surface area contributed by atoms with Crippen LogP contribution in [0.2, 0.25) is 0 Å². The number of hydrogen-bond acceptors (Lipinski definition) is 3. The number of halogens is 1. The minimum atomic E-state index is -0.198. The van der Waals surface area contributed by atoms with Gasteiger partial charge in [-0.3, -0.25) is 4.79 Å². The van der Waals surface area contributed by atoms with Crippen molar-refractivity contribution in [3.05, 3.63) is 0 Å². The van der Waals surface area contributed by atoms with Gasteiger partial charge in [0.15, 0.2) is 0 Å². The predicted octanol–water partition coefficient (Wildman–Crippen LogP) is 1.75. The van der Waals surface area contributed by atoms with Gasteiger partial charge >= 0.3 is 5.97 Å². The molecule has 0 amide bonds. The quantitative estimate of drug-likeness (QED) is 0.702. The summed E-state index contributed by atoms with van der Waals surface area (Å²) in [5, 5.41) is 3.08. The van der Waals surface area contributed by atoms with E-state index in [1.807, 2.05) is 27.7 Å². The van der Waals surface area contributed by atoms with Gasteiger partial charge in [-0.15, -0.1) is 12.4 Å². The third-order valence-electron chi connectivity index (χ3n) is 1.39. The van der Waals surface area contributed by atoms with E-state index in [0.29, 0.717) is 12.6 Å². The zero-order valence-corrected chi connectivity index (χ0v) is 9.61. The smallest absolute Gasteiger partial charge is 0.322 e. The lowest BCUT2D eigenvalue weighted by molar-refractivity contribution is -0.145. The number of hydrogen-bond donors (Lipinski definition) is 1. The second kappa shape index (κ2) is 8.32. The van der Waals surface area contributed by atoms with E-state index in [4.69, 9.17) is 4.74 Å². The molecule has 0 aliphatic rings. The topological polar surface area (TPSA) is 38.3 Å². The lowest BCUT2D eigenvalue weighted by Crippen LogP contribution is -2.39. The molecule has 0 aliphatic carbocycles. The molecular formula is C9H20ClNO2. The fourth-order valence-electron chi connectivity index (χ4n) is 0.896. The highest BCUT2D eigenvalue weighted by atomic mass is 35.5. The van der Waals surface area contributed by atoms with E-state index in [-0.39, 0.29) is 24.4 Å². The molecule has 0 aliphatic heterocycles. The van der Waals surface area contributed by atoms with Crippen molar-refractivity contribution < 1.29 is 9.53 Å². The van der Waals surface area contributed by atoms with E-state index in [9.17, 15) is 4.79 Å². The first-order valence-electron chi connectivity index (χ1n) is 4.50. The number of carbonyl (C=O) groups is 1. The highest BCUT2D eigenvalue weighted by molar-refractivity contribution is 5.85. The molecular weight excluding hydrogens is 190 g/mol. The minimum Gasteiger partial charge on any atom is -0.465 e. The summed E-state index contributed by atoms with van der Waals surface area (Å²) in [5.41, 5.74) is 0. The van der Waals surface area contributed by atoms with Crippen LogP contribution in [-0.4, -0.2) is 24.7 Å². The first kappa shape index (κ1) is 15.2. The van der Waals surface area contributed by atoms with Crippen LogP contribution in [0, 0.1) is 0 Å². The zero-order chi connectivity index (χ0) is 9.56. The zero-order valence-electron chi connectivity index (χ0n) is 8.79. The van der Waals surface area contributed by atoms with Crippen LogP contribution in [0.15, 0.2) is 0 Å². The average molecular weight is 210 g/mol. The van der Waals surface area contributed by atoms with Crippen molar-refractivity contribution >= 4 is 18.4 Å². The van der Waals surface area contributed by atoms with Gasteiger partial charge in [-0.25, -0.2) is 0 Å². The lowest BCUT2D eigenvalue weighted by atomic mass is 10.3. The molecule has 0 heterocycles. The van der Waals surface area contributed by atoms with Crippen LogP contribution in [0.25, 0.3) is 0 Å². The summed E-state index contributed by atoms with van der Waals surface area (Å²) < 4.78 is 4.95. The number of esters is 1. The van der Waals surface area contributed by atoms with E-state index < -0.39 is 0 Å². The maximum Gasteiger partial charge on any atom is 0.322 e. The molecule has 13 heavy (non-hydrogen) atoms. The Hall–Kier alpha value is -0.280. The molecule has 0 saturated carbocycles. The van der Waals surface area contributed by atoms with Gasteiger partial charge < -0.3 is 10.1 Å². The Morgan fingerprint density at radius 3 is 2.31 bits per heavy atom. The Labute approximate surface area is 86.6 Å². The molecule has 0 fully saturated rings. The van der Waals surface area contributed by atoms with Gasteiger partial charge in [-0.2, -0.15) is 0 Å². The summed E-state index contributed by atoms with van der Waals surface area (Å²) >= 11 is 0. The van der Waals surface area contributed by atoms with Gasteiger partial charge in [0.1, 0.15) is 6.04 Å². The van der Waals surface area contributed by atoms with Gasteiger partial charge in [0.2, 0.25) is 0 Å². The third kappa shape index (κ3) is 8.06. The van der Waals surface area contributed by atoms with Gasteiger partial charge in [0, 0.05) is 6.04 Å². The Morgan fingerprint density at radius 2 is 1.92 bits per heavy atom. The molecule has 1 N–H and O–H groups in total. The summed E-state index contributed by atoms with van der Waals surface area (Å²) in [6.45, 7) is 8.32. The highest BCUT2D eigenvalue weighted by Crippen LogP contribution is 1.91. The maximum absolute atomic E-state index is 11.2. The molecule has 1 unspecified atom stereocenters. The van der Waals surface area contributed by atoms with Crippen molar-refractivity contribution in [1.82, 2.24) is 5.32 Å². The Morgan fingerprint density at radius 1 is 1.38 bits per heavy atom. The van der Waals surface area contributed by atoms with Crippen molar-refractivity contribution in [3.8, 4) is 0 Å². The second-order valence-electron chi connectivity index (χ2n) is 3.21. The summed E-state index contributed by atoms with van der Waals surface area (Å²) in [4.78, 5) is 11.2. The molecule has 4 heteroatoms. The molecule has 0 bridgehead atoms. The molecule has 3 nitrogen and oxygen atoms in total. The van der Waals surface area contributed by atoms with Crippen LogP contribution in [0.1, 0.15) is 34.1 Å². The molecule has 0 rings (SSSR count). The minimum absolute atomic E-state index is 0. The monoisotopic (exact) mass is 209 g/mol. The fraction of sp³-hybridized carbons (Fsp3) is 0.889. The lowest BCUT2D eigenvalue weighted by Gasteiger charge is -2.15. The molecule has 80 valence electrons.